The summed E-state index contributed by atoms with van der Waals surface area (Å²) in [7, 11) is 1.57. The van der Waals surface area contributed by atoms with E-state index in [1.807, 2.05) is 6.07 Å². The molecule has 2 amide bonds. The second kappa shape index (κ2) is 7.06. The Labute approximate surface area is 159 Å². The van der Waals surface area contributed by atoms with Crippen LogP contribution >= 0.6 is 0 Å². The first-order valence-corrected chi connectivity index (χ1v) is 8.64. The molecule has 3 aromatic heterocycles. The van der Waals surface area contributed by atoms with Gasteiger partial charge in [0, 0.05) is 24.9 Å². The Hall–Kier alpha value is -3.82. The van der Waals surface area contributed by atoms with Crippen LogP contribution in [-0.4, -0.2) is 42.1 Å². The summed E-state index contributed by atoms with van der Waals surface area (Å²) >= 11 is 0. The molecule has 0 aromatic carbocycles. The Balaban J connectivity index is 1.47. The number of carbonyl (C=O) groups is 2. The summed E-state index contributed by atoms with van der Waals surface area (Å²) in [5.74, 6) is 0.464. The molecule has 142 valence electrons. The molecular formula is C18H17N7O3. The fourth-order valence-electron chi connectivity index (χ4n) is 2.74. The van der Waals surface area contributed by atoms with E-state index in [9.17, 15) is 9.59 Å². The number of carbonyl (C=O) groups excluding carboxylic acids is 1. The average Bonchev–Trinajstić information content (AvgIpc) is 3.48. The van der Waals surface area contributed by atoms with Crippen molar-refractivity contribution in [2.24, 2.45) is 7.05 Å². The topological polar surface area (TPSA) is 135 Å². The summed E-state index contributed by atoms with van der Waals surface area (Å²) in [5.41, 5.74) is 2.71. The van der Waals surface area contributed by atoms with Crippen LogP contribution in [0.15, 0.2) is 36.7 Å². The number of pyridine rings is 2. The van der Waals surface area contributed by atoms with Gasteiger partial charge in [0.1, 0.15) is 0 Å². The highest BCUT2D eigenvalue weighted by Crippen LogP contribution is 2.38. The van der Waals surface area contributed by atoms with Gasteiger partial charge in [0.05, 0.1) is 23.1 Å². The van der Waals surface area contributed by atoms with Crippen LogP contribution in [0.4, 0.5) is 16.3 Å². The lowest BCUT2D eigenvalue weighted by atomic mass is 10.2. The maximum atomic E-state index is 12.4. The normalized spacial score (nSPS) is 13.2. The van der Waals surface area contributed by atoms with Crippen molar-refractivity contribution in [3.05, 3.63) is 47.9 Å². The quantitative estimate of drug-likeness (QED) is 0.620. The number of hydrogen-bond donors (Lipinski definition) is 3. The molecule has 1 aliphatic rings. The largest absolute Gasteiger partial charge is 0.465 e. The first kappa shape index (κ1) is 17.6. The second-order valence-corrected chi connectivity index (χ2v) is 6.47. The second-order valence-electron chi connectivity index (χ2n) is 6.47. The number of rotatable bonds is 5. The van der Waals surface area contributed by atoms with E-state index < -0.39 is 6.09 Å². The molecule has 0 saturated heterocycles. The van der Waals surface area contributed by atoms with Crippen molar-refractivity contribution < 1.29 is 14.7 Å². The van der Waals surface area contributed by atoms with Gasteiger partial charge in [-0.3, -0.25) is 20.1 Å². The fourth-order valence-corrected chi connectivity index (χ4v) is 2.74. The lowest BCUT2D eigenvalue weighted by molar-refractivity contribution is 0.102. The molecule has 0 spiro atoms. The summed E-state index contributed by atoms with van der Waals surface area (Å²) < 4.78 is 1.30. The lowest BCUT2D eigenvalue weighted by Crippen LogP contribution is -2.13. The zero-order valence-electron chi connectivity index (χ0n) is 15.0. The molecule has 0 bridgehead atoms. The Morgan fingerprint density at radius 1 is 1.11 bits per heavy atom. The monoisotopic (exact) mass is 379 g/mol. The molecule has 0 atom stereocenters. The van der Waals surface area contributed by atoms with Crippen molar-refractivity contribution in [2.75, 3.05) is 10.6 Å². The Bertz CT molecular complexity index is 1020. The zero-order valence-corrected chi connectivity index (χ0v) is 15.0. The van der Waals surface area contributed by atoms with Crippen LogP contribution in [-0.2, 0) is 7.05 Å². The highest BCUT2D eigenvalue weighted by atomic mass is 16.4. The number of carboxylic acid groups (broad SMARTS) is 1. The molecule has 0 radical (unpaired) electrons. The smallest absolute Gasteiger partial charge is 0.410 e. The zero-order chi connectivity index (χ0) is 19.7. The summed E-state index contributed by atoms with van der Waals surface area (Å²) in [5, 5.41) is 21.7. The molecule has 28 heavy (non-hydrogen) atoms. The molecule has 0 unspecified atom stereocenters. The summed E-state index contributed by atoms with van der Waals surface area (Å²) in [6.45, 7) is 0. The molecular weight excluding hydrogens is 362 g/mol. The Morgan fingerprint density at radius 2 is 1.93 bits per heavy atom. The van der Waals surface area contributed by atoms with Crippen LogP contribution in [0.5, 0.6) is 0 Å². The minimum atomic E-state index is -1.23. The number of aryl methyl sites for hydroxylation is 1. The number of hydrogen-bond acceptors (Lipinski definition) is 6. The number of nitrogens with one attached hydrogen (secondary N) is 2. The molecule has 0 aliphatic heterocycles. The van der Waals surface area contributed by atoms with Gasteiger partial charge in [-0.25, -0.2) is 9.48 Å². The highest BCUT2D eigenvalue weighted by molar-refractivity contribution is 6.04. The Kier molecular flexibility index (Phi) is 4.44. The maximum absolute atomic E-state index is 12.4. The minimum Gasteiger partial charge on any atom is -0.465 e. The van der Waals surface area contributed by atoms with Crippen molar-refractivity contribution in [1.29, 1.82) is 0 Å². The Morgan fingerprint density at radius 3 is 2.54 bits per heavy atom. The third-order valence-corrected chi connectivity index (χ3v) is 4.36. The van der Waals surface area contributed by atoms with Crippen molar-refractivity contribution in [2.45, 2.75) is 18.8 Å². The summed E-state index contributed by atoms with van der Waals surface area (Å²) in [4.78, 5) is 31.9. The molecule has 3 heterocycles. The molecule has 1 saturated carbocycles. The van der Waals surface area contributed by atoms with Gasteiger partial charge >= 0.3 is 6.09 Å². The molecule has 4 rings (SSSR count). The van der Waals surface area contributed by atoms with Crippen molar-refractivity contribution in [3.63, 3.8) is 0 Å². The number of aromatic nitrogens is 5. The number of amides is 2. The molecule has 10 nitrogen and oxygen atoms in total. The predicted molar refractivity (Wildman–Crippen MR) is 100 cm³/mol. The van der Waals surface area contributed by atoms with Gasteiger partial charge in [0.25, 0.3) is 5.91 Å². The third-order valence-electron chi connectivity index (χ3n) is 4.36. The average molecular weight is 379 g/mol. The van der Waals surface area contributed by atoms with Crippen molar-refractivity contribution in [3.8, 4) is 11.4 Å². The van der Waals surface area contributed by atoms with E-state index in [4.69, 9.17) is 5.11 Å². The minimum absolute atomic E-state index is 0.207. The van der Waals surface area contributed by atoms with E-state index in [1.54, 1.807) is 31.4 Å². The van der Waals surface area contributed by atoms with E-state index >= 15 is 0 Å². The third kappa shape index (κ3) is 3.65. The van der Waals surface area contributed by atoms with E-state index in [-0.39, 0.29) is 11.7 Å². The van der Waals surface area contributed by atoms with Gasteiger partial charge in [-0.2, -0.15) is 0 Å². The van der Waals surface area contributed by atoms with Crippen LogP contribution in [0.25, 0.3) is 11.4 Å². The lowest BCUT2D eigenvalue weighted by Gasteiger charge is -2.07. The van der Waals surface area contributed by atoms with Crippen LogP contribution < -0.4 is 10.6 Å². The summed E-state index contributed by atoms with van der Waals surface area (Å²) in [6.07, 6.45) is 4.14. The van der Waals surface area contributed by atoms with Gasteiger partial charge in [-0.1, -0.05) is 5.21 Å². The number of anilines is 2. The fraction of sp³-hybridized carbons (Fsp3) is 0.222. The first-order valence-electron chi connectivity index (χ1n) is 8.64. The van der Waals surface area contributed by atoms with Crippen molar-refractivity contribution >= 4 is 23.5 Å². The highest BCUT2D eigenvalue weighted by Gasteiger charge is 2.24. The van der Waals surface area contributed by atoms with E-state index in [0.29, 0.717) is 28.6 Å². The van der Waals surface area contributed by atoms with Crippen LogP contribution in [0, 0.1) is 0 Å². The van der Waals surface area contributed by atoms with Crippen LogP contribution in [0.2, 0.25) is 0 Å². The molecule has 3 aromatic rings. The van der Waals surface area contributed by atoms with Crippen LogP contribution in [0.3, 0.4) is 0 Å². The number of nitrogens with zero attached hydrogens (tertiary/aromatic N) is 5. The molecule has 10 heteroatoms. The maximum Gasteiger partial charge on any atom is 0.410 e. The van der Waals surface area contributed by atoms with Gasteiger partial charge < -0.3 is 10.4 Å². The van der Waals surface area contributed by atoms with E-state index in [0.717, 1.165) is 18.5 Å². The molecule has 1 aliphatic carbocycles. The SMILES string of the molecule is Cn1nnc(-c2ccc(NC(=O)c3ccc(C4CC4)nc3)cn2)c1NC(=O)O. The molecule has 3 N–H and O–H groups in total. The standard InChI is InChI=1S/C18H17N7O3/c1-25-16(22-18(27)28)15(23-24-25)14-7-5-12(9-20-14)21-17(26)11-4-6-13(19-8-11)10-2-3-10/h4-10,22H,2-3H2,1H3,(H,21,26)(H,27,28). The van der Waals surface area contributed by atoms with Gasteiger partial charge in [0.15, 0.2) is 11.5 Å². The summed E-state index contributed by atoms with van der Waals surface area (Å²) in [6, 6.07) is 6.94. The van der Waals surface area contributed by atoms with Gasteiger partial charge in [-0.15, -0.1) is 5.10 Å². The van der Waals surface area contributed by atoms with Gasteiger partial charge in [-0.05, 0) is 37.1 Å². The predicted octanol–water partition coefficient (Wildman–Crippen LogP) is 2.49. The van der Waals surface area contributed by atoms with Gasteiger partial charge in [0.2, 0.25) is 0 Å². The van der Waals surface area contributed by atoms with E-state index in [1.165, 1.54) is 10.9 Å². The first-order chi connectivity index (χ1) is 13.5. The van der Waals surface area contributed by atoms with Crippen molar-refractivity contribution in [1.82, 2.24) is 25.0 Å². The van der Waals surface area contributed by atoms with Crippen LogP contribution in [0.1, 0.15) is 34.8 Å². The van der Waals surface area contributed by atoms with E-state index in [2.05, 4.69) is 30.9 Å². The molecule has 1 fully saturated rings.